The van der Waals surface area contributed by atoms with Crippen LogP contribution in [0.4, 0.5) is 0 Å². The number of hydrogen-bond donors (Lipinski definition) is 1. The minimum atomic E-state index is 0.306. The topological polar surface area (TPSA) is 62.3 Å². The van der Waals surface area contributed by atoms with Crippen molar-refractivity contribution in [2.75, 3.05) is 19.8 Å². The fourth-order valence-electron chi connectivity index (χ4n) is 1.53. The standard InChI is InChI=1S/C11H19N3O2S/c1-4-5-15-6-7-16-11-9(10(12)17)8(2)13-14(11)3/h4-7H2,1-3H3,(H2,12,17). The summed E-state index contributed by atoms with van der Waals surface area (Å²) in [5.41, 5.74) is 7.14. The molecule has 0 aliphatic rings. The third kappa shape index (κ3) is 3.67. The van der Waals surface area contributed by atoms with Crippen LogP contribution in [0, 0.1) is 6.92 Å². The van der Waals surface area contributed by atoms with E-state index in [2.05, 4.69) is 12.0 Å². The van der Waals surface area contributed by atoms with Crippen molar-refractivity contribution in [1.29, 1.82) is 0 Å². The predicted molar refractivity (Wildman–Crippen MR) is 70.4 cm³/mol. The van der Waals surface area contributed by atoms with Crippen molar-refractivity contribution in [2.45, 2.75) is 20.3 Å². The Labute approximate surface area is 107 Å². The first-order valence-corrected chi connectivity index (χ1v) is 6.02. The van der Waals surface area contributed by atoms with Crippen LogP contribution in [0.2, 0.25) is 0 Å². The quantitative estimate of drug-likeness (QED) is 0.587. The van der Waals surface area contributed by atoms with Gasteiger partial charge in [-0.05, 0) is 13.3 Å². The minimum absolute atomic E-state index is 0.306. The molecule has 0 spiro atoms. The molecule has 96 valence electrons. The van der Waals surface area contributed by atoms with Crippen molar-refractivity contribution in [1.82, 2.24) is 9.78 Å². The second-order valence-electron chi connectivity index (χ2n) is 3.71. The van der Waals surface area contributed by atoms with Crippen LogP contribution in [-0.4, -0.2) is 34.6 Å². The average molecular weight is 257 g/mol. The molecule has 0 fully saturated rings. The first kappa shape index (κ1) is 13.9. The fourth-order valence-corrected chi connectivity index (χ4v) is 1.76. The Morgan fingerprint density at radius 2 is 2.12 bits per heavy atom. The van der Waals surface area contributed by atoms with E-state index in [4.69, 9.17) is 27.4 Å². The summed E-state index contributed by atoms with van der Waals surface area (Å²) in [4.78, 5) is 0.306. The highest BCUT2D eigenvalue weighted by Crippen LogP contribution is 2.20. The molecule has 0 saturated heterocycles. The number of nitrogens with two attached hydrogens (primary N) is 1. The van der Waals surface area contributed by atoms with E-state index >= 15 is 0 Å². The molecule has 0 radical (unpaired) electrons. The molecule has 0 aliphatic heterocycles. The zero-order valence-corrected chi connectivity index (χ0v) is 11.3. The van der Waals surface area contributed by atoms with Gasteiger partial charge in [0.1, 0.15) is 11.6 Å². The number of aromatic nitrogens is 2. The molecule has 5 nitrogen and oxygen atoms in total. The van der Waals surface area contributed by atoms with Gasteiger partial charge in [0.2, 0.25) is 5.88 Å². The number of aryl methyl sites for hydroxylation is 2. The summed E-state index contributed by atoms with van der Waals surface area (Å²) < 4.78 is 12.6. The molecule has 1 heterocycles. The van der Waals surface area contributed by atoms with Crippen LogP contribution in [0.1, 0.15) is 24.6 Å². The summed E-state index contributed by atoms with van der Waals surface area (Å²) >= 11 is 4.98. The Morgan fingerprint density at radius 3 is 2.71 bits per heavy atom. The normalized spacial score (nSPS) is 10.5. The third-order valence-electron chi connectivity index (χ3n) is 2.23. The van der Waals surface area contributed by atoms with E-state index in [9.17, 15) is 0 Å². The molecule has 0 saturated carbocycles. The molecule has 17 heavy (non-hydrogen) atoms. The van der Waals surface area contributed by atoms with Crippen molar-refractivity contribution in [3.05, 3.63) is 11.3 Å². The van der Waals surface area contributed by atoms with Crippen LogP contribution >= 0.6 is 12.2 Å². The summed E-state index contributed by atoms with van der Waals surface area (Å²) in [6.45, 7) is 5.69. The maximum atomic E-state index is 5.65. The second-order valence-corrected chi connectivity index (χ2v) is 4.15. The molecule has 0 aromatic carbocycles. The van der Waals surface area contributed by atoms with Gasteiger partial charge in [-0.15, -0.1) is 0 Å². The molecule has 1 aromatic heterocycles. The van der Waals surface area contributed by atoms with Gasteiger partial charge in [-0.3, -0.25) is 0 Å². The largest absolute Gasteiger partial charge is 0.475 e. The Bertz CT molecular complexity index is 390. The van der Waals surface area contributed by atoms with Crippen molar-refractivity contribution < 1.29 is 9.47 Å². The number of thiocarbonyl (C=S) groups is 1. The van der Waals surface area contributed by atoms with E-state index in [1.165, 1.54) is 0 Å². The van der Waals surface area contributed by atoms with Gasteiger partial charge >= 0.3 is 0 Å². The first-order valence-electron chi connectivity index (χ1n) is 5.61. The van der Waals surface area contributed by atoms with E-state index in [0.29, 0.717) is 29.6 Å². The summed E-state index contributed by atoms with van der Waals surface area (Å²) in [6.07, 6.45) is 1.00. The van der Waals surface area contributed by atoms with Crippen LogP contribution < -0.4 is 10.5 Å². The second kappa shape index (κ2) is 6.56. The van der Waals surface area contributed by atoms with E-state index in [0.717, 1.165) is 18.7 Å². The Morgan fingerprint density at radius 1 is 1.41 bits per heavy atom. The summed E-state index contributed by atoms with van der Waals surface area (Å²) in [5, 5.41) is 4.23. The Kier molecular flexibility index (Phi) is 5.37. The van der Waals surface area contributed by atoms with Gasteiger partial charge in [0, 0.05) is 13.7 Å². The lowest BCUT2D eigenvalue weighted by molar-refractivity contribution is 0.0974. The van der Waals surface area contributed by atoms with Crippen LogP contribution in [0.5, 0.6) is 5.88 Å². The summed E-state index contributed by atoms with van der Waals surface area (Å²) in [6, 6.07) is 0. The molecule has 0 bridgehead atoms. The SMILES string of the molecule is CCCOCCOc1c(C(N)=S)c(C)nn1C. The lowest BCUT2D eigenvalue weighted by Crippen LogP contribution is -2.15. The Hall–Kier alpha value is -1.14. The lowest BCUT2D eigenvalue weighted by atomic mass is 10.2. The van der Waals surface area contributed by atoms with Gasteiger partial charge in [-0.2, -0.15) is 5.10 Å². The van der Waals surface area contributed by atoms with Gasteiger partial charge in [0.15, 0.2) is 0 Å². The smallest absolute Gasteiger partial charge is 0.222 e. The highest BCUT2D eigenvalue weighted by Gasteiger charge is 2.16. The van der Waals surface area contributed by atoms with Crippen molar-refractivity contribution in [2.24, 2.45) is 12.8 Å². The average Bonchev–Trinajstić information content (AvgIpc) is 2.53. The van der Waals surface area contributed by atoms with E-state index < -0.39 is 0 Å². The lowest BCUT2D eigenvalue weighted by Gasteiger charge is -2.08. The molecular weight excluding hydrogens is 238 g/mol. The van der Waals surface area contributed by atoms with Gasteiger partial charge in [-0.25, -0.2) is 4.68 Å². The van der Waals surface area contributed by atoms with E-state index in [1.54, 1.807) is 11.7 Å². The highest BCUT2D eigenvalue weighted by atomic mass is 32.1. The van der Waals surface area contributed by atoms with Crippen molar-refractivity contribution in [3.8, 4) is 5.88 Å². The molecule has 0 atom stereocenters. The summed E-state index contributed by atoms with van der Waals surface area (Å²) in [7, 11) is 1.80. The highest BCUT2D eigenvalue weighted by molar-refractivity contribution is 7.80. The number of ether oxygens (including phenoxy) is 2. The maximum absolute atomic E-state index is 5.65. The third-order valence-corrected chi connectivity index (χ3v) is 2.44. The number of nitrogens with zero attached hydrogens (tertiary/aromatic N) is 2. The van der Waals surface area contributed by atoms with E-state index in [1.807, 2.05) is 6.92 Å². The minimum Gasteiger partial charge on any atom is -0.475 e. The van der Waals surface area contributed by atoms with Crippen LogP contribution in [0.25, 0.3) is 0 Å². The fraction of sp³-hybridized carbons (Fsp3) is 0.636. The molecule has 1 aromatic rings. The molecule has 0 amide bonds. The maximum Gasteiger partial charge on any atom is 0.222 e. The van der Waals surface area contributed by atoms with Gasteiger partial charge in [0.05, 0.1) is 17.9 Å². The van der Waals surface area contributed by atoms with Crippen molar-refractivity contribution in [3.63, 3.8) is 0 Å². The van der Waals surface area contributed by atoms with Crippen LogP contribution in [0.3, 0.4) is 0 Å². The van der Waals surface area contributed by atoms with Crippen LogP contribution in [-0.2, 0) is 11.8 Å². The molecule has 2 N–H and O–H groups in total. The molecule has 0 unspecified atom stereocenters. The van der Waals surface area contributed by atoms with Crippen molar-refractivity contribution >= 4 is 17.2 Å². The van der Waals surface area contributed by atoms with Gasteiger partial charge < -0.3 is 15.2 Å². The number of rotatable bonds is 7. The van der Waals surface area contributed by atoms with Gasteiger partial charge in [-0.1, -0.05) is 19.1 Å². The monoisotopic (exact) mass is 257 g/mol. The molecule has 6 heteroatoms. The Balaban J connectivity index is 2.61. The molecule has 1 rings (SSSR count). The predicted octanol–water partition coefficient (Wildman–Crippen LogP) is 1.17. The zero-order valence-electron chi connectivity index (χ0n) is 10.5. The molecular formula is C11H19N3O2S. The summed E-state index contributed by atoms with van der Waals surface area (Å²) in [5.74, 6) is 0.607. The zero-order chi connectivity index (χ0) is 12.8. The van der Waals surface area contributed by atoms with E-state index in [-0.39, 0.29) is 0 Å². The molecule has 0 aliphatic carbocycles. The van der Waals surface area contributed by atoms with Crippen LogP contribution in [0.15, 0.2) is 0 Å². The number of hydrogen-bond acceptors (Lipinski definition) is 4. The first-order chi connectivity index (χ1) is 8.07. The van der Waals surface area contributed by atoms with Gasteiger partial charge in [0.25, 0.3) is 0 Å².